The summed E-state index contributed by atoms with van der Waals surface area (Å²) >= 11 is 0. The van der Waals surface area contributed by atoms with Crippen molar-refractivity contribution >= 4 is 23.9 Å². The van der Waals surface area contributed by atoms with Crippen molar-refractivity contribution in [2.75, 3.05) is 26.4 Å². The molecule has 10 nitrogen and oxygen atoms in total. The molecule has 4 fully saturated rings. The van der Waals surface area contributed by atoms with Crippen LogP contribution in [0.5, 0.6) is 0 Å². The van der Waals surface area contributed by atoms with Crippen molar-refractivity contribution < 1.29 is 47.6 Å². The first-order valence-corrected chi connectivity index (χ1v) is 22.4. The molecule has 2 saturated carbocycles. The molecule has 10 heteroatoms. The first-order valence-electron chi connectivity index (χ1n) is 22.4. The standard InChI is InChI=1S/C44H74O10/c1-3-5-7-9-11-13-15-17-21-25-49-41(45)33-29-37-39(53-37)31-35(33)43(47)51-27-23-19-20-24-28-52-44(48)36-32-40-38(54-40)30-34(36)42(46)50-26-22-18-16-14-12-10-8-6-4-2/h33-40H,3-32H2,1-2H3. The topological polar surface area (TPSA) is 130 Å². The van der Waals surface area contributed by atoms with Crippen LogP contribution in [0, 0.1) is 23.7 Å². The predicted octanol–water partition coefficient (Wildman–Crippen LogP) is 9.37. The Hall–Kier alpha value is -2.20. The number of ether oxygens (including phenoxy) is 6. The van der Waals surface area contributed by atoms with E-state index in [1.54, 1.807) is 0 Å². The first-order chi connectivity index (χ1) is 26.4. The Kier molecular flexibility index (Phi) is 21.3. The highest BCUT2D eigenvalue weighted by Crippen LogP contribution is 2.45. The van der Waals surface area contributed by atoms with Gasteiger partial charge in [-0.1, -0.05) is 117 Å². The summed E-state index contributed by atoms with van der Waals surface area (Å²) in [7, 11) is 0. The number of rotatable bonds is 31. The van der Waals surface area contributed by atoms with Crippen LogP contribution in [0.2, 0.25) is 0 Å². The number of carbonyl (C=O) groups excluding carboxylic acids is 4. The normalized spacial score (nSPS) is 26.6. The van der Waals surface area contributed by atoms with E-state index in [-0.39, 0.29) is 61.5 Å². The number of epoxide rings is 2. The fourth-order valence-corrected chi connectivity index (χ4v) is 8.39. The van der Waals surface area contributed by atoms with Crippen LogP contribution in [0.3, 0.4) is 0 Å². The van der Waals surface area contributed by atoms with Crippen LogP contribution in [0.25, 0.3) is 0 Å². The molecule has 0 bridgehead atoms. The molecule has 4 aliphatic rings. The Bertz CT molecular complexity index is 1010. The lowest BCUT2D eigenvalue weighted by Gasteiger charge is -2.26. The van der Waals surface area contributed by atoms with Crippen LogP contribution in [0.4, 0.5) is 0 Å². The molecule has 54 heavy (non-hydrogen) atoms. The molecule has 0 aromatic rings. The Labute approximate surface area is 326 Å². The van der Waals surface area contributed by atoms with Gasteiger partial charge in [-0.15, -0.1) is 0 Å². The average Bonchev–Trinajstić information content (AvgIpc) is 4.11. The average molecular weight is 763 g/mol. The fourth-order valence-electron chi connectivity index (χ4n) is 8.39. The molecule has 0 N–H and O–H groups in total. The van der Waals surface area contributed by atoms with Gasteiger partial charge in [0.1, 0.15) is 0 Å². The lowest BCUT2D eigenvalue weighted by molar-refractivity contribution is -0.162. The zero-order valence-electron chi connectivity index (χ0n) is 33.9. The number of esters is 4. The van der Waals surface area contributed by atoms with Gasteiger partial charge in [-0.25, -0.2) is 0 Å². The number of fused-ring (bicyclic) bond motifs is 2. The third-order valence-electron chi connectivity index (χ3n) is 12.0. The van der Waals surface area contributed by atoms with E-state index in [9.17, 15) is 19.2 Å². The minimum Gasteiger partial charge on any atom is -0.465 e. The zero-order valence-corrected chi connectivity index (χ0v) is 33.9. The second-order valence-corrected chi connectivity index (χ2v) is 16.5. The summed E-state index contributed by atoms with van der Waals surface area (Å²) in [5, 5.41) is 0. The van der Waals surface area contributed by atoms with Gasteiger partial charge in [0.25, 0.3) is 0 Å². The highest BCUT2D eigenvalue weighted by atomic mass is 16.6. The van der Waals surface area contributed by atoms with Gasteiger partial charge >= 0.3 is 23.9 Å². The monoisotopic (exact) mass is 763 g/mol. The van der Waals surface area contributed by atoms with Crippen LogP contribution in [-0.2, 0) is 47.6 Å². The summed E-state index contributed by atoms with van der Waals surface area (Å²) in [6.45, 7) is 5.85. The molecule has 310 valence electrons. The maximum atomic E-state index is 13.0. The van der Waals surface area contributed by atoms with Gasteiger partial charge in [-0.05, 0) is 64.2 Å². The maximum Gasteiger partial charge on any atom is 0.309 e. The second kappa shape index (κ2) is 25.9. The van der Waals surface area contributed by atoms with E-state index in [1.807, 2.05) is 0 Å². The third-order valence-corrected chi connectivity index (χ3v) is 12.0. The number of hydrogen-bond acceptors (Lipinski definition) is 10. The molecule has 2 heterocycles. The van der Waals surface area contributed by atoms with Crippen LogP contribution >= 0.6 is 0 Å². The maximum absolute atomic E-state index is 13.0. The molecule has 8 atom stereocenters. The van der Waals surface area contributed by atoms with E-state index < -0.39 is 23.7 Å². The Morgan fingerprint density at radius 2 is 0.556 bits per heavy atom. The van der Waals surface area contributed by atoms with Crippen molar-refractivity contribution in [3.05, 3.63) is 0 Å². The van der Waals surface area contributed by atoms with Crippen LogP contribution < -0.4 is 0 Å². The lowest BCUT2D eigenvalue weighted by Crippen LogP contribution is -2.38. The fraction of sp³-hybridized carbons (Fsp3) is 0.909. The highest BCUT2D eigenvalue weighted by molar-refractivity contribution is 5.83. The van der Waals surface area contributed by atoms with Gasteiger partial charge in [0.2, 0.25) is 0 Å². The van der Waals surface area contributed by atoms with E-state index in [1.165, 1.54) is 89.9 Å². The van der Waals surface area contributed by atoms with Gasteiger partial charge in [0, 0.05) is 0 Å². The SMILES string of the molecule is CCCCCCCCCCCOC(=O)C1CC2OC2CC1C(=O)OCCCCCCOC(=O)C1CC2OC2CC1C(=O)OCCCCCCCCCCC. The Morgan fingerprint density at radius 1 is 0.352 bits per heavy atom. The minimum absolute atomic E-state index is 0.0453. The van der Waals surface area contributed by atoms with Crippen molar-refractivity contribution in [1.29, 1.82) is 0 Å². The Balaban J connectivity index is 1.02. The van der Waals surface area contributed by atoms with E-state index >= 15 is 0 Å². The molecule has 2 saturated heterocycles. The quantitative estimate of drug-likeness (QED) is 0.0291. The van der Waals surface area contributed by atoms with Crippen LogP contribution in [-0.4, -0.2) is 74.7 Å². The zero-order chi connectivity index (χ0) is 38.4. The van der Waals surface area contributed by atoms with Gasteiger partial charge < -0.3 is 28.4 Å². The van der Waals surface area contributed by atoms with Crippen molar-refractivity contribution in [3.8, 4) is 0 Å². The summed E-state index contributed by atoms with van der Waals surface area (Å²) in [5.41, 5.74) is 0. The molecule has 2 aliphatic heterocycles. The van der Waals surface area contributed by atoms with E-state index in [0.29, 0.717) is 51.7 Å². The van der Waals surface area contributed by atoms with E-state index in [4.69, 9.17) is 28.4 Å². The molecule has 2 aliphatic carbocycles. The number of carbonyl (C=O) groups is 4. The molecule has 0 aromatic carbocycles. The second-order valence-electron chi connectivity index (χ2n) is 16.5. The van der Waals surface area contributed by atoms with Crippen LogP contribution in [0.1, 0.15) is 181 Å². The highest BCUT2D eigenvalue weighted by Gasteiger charge is 2.54. The molecule has 0 aromatic heterocycles. The summed E-state index contributed by atoms with van der Waals surface area (Å²) in [6.07, 6.45) is 26.9. The molecule has 0 radical (unpaired) electrons. The van der Waals surface area contributed by atoms with Crippen LogP contribution in [0.15, 0.2) is 0 Å². The Morgan fingerprint density at radius 3 is 0.778 bits per heavy atom. The summed E-state index contributed by atoms with van der Waals surface area (Å²) in [4.78, 5) is 52.0. The van der Waals surface area contributed by atoms with E-state index in [2.05, 4.69) is 13.8 Å². The van der Waals surface area contributed by atoms with Gasteiger partial charge in [0.05, 0.1) is 74.5 Å². The predicted molar refractivity (Wildman–Crippen MR) is 207 cm³/mol. The van der Waals surface area contributed by atoms with Crippen molar-refractivity contribution in [2.45, 2.75) is 205 Å². The number of unbranched alkanes of at least 4 members (excludes halogenated alkanes) is 19. The van der Waals surface area contributed by atoms with E-state index in [0.717, 1.165) is 38.5 Å². The third kappa shape index (κ3) is 16.5. The first kappa shape index (κ1) is 44.5. The molecule has 8 unspecified atom stereocenters. The molecular formula is C44H74O10. The summed E-state index contributed by atoms with van der Waals surface area (Å²) in [5.74, 6) is -3.30. The van der Waals surface area contributed by atoms with Gasteiger partial charge in [0.15, 0.2) is 0 Å². The van der Waals surface area contributed by atoms with Crippen molar-refractivity contribution in [1.82, 2.24) is 0 Å². The molecular weight excluding hydrogens is 688 g/mol. The summed E-state index contributed by atoms with van der Waals surface area (Å²) in [6, 6.07) is 0. The van der Waals surface area contributed by atoms with Gasteiger partial charge in [-0.3, -0.25) is 19.2 Å². The minimum atomic E-state index is -0.518. The lowest BCUT2D eigenvalue weighted by atomic mass is 9.79. The number of hydrogen-bond donors (Lipinski definition) is 0. The van der Waals surface area contributed by atoms with Crippen molar-refractivity contribution in [2.24, 2.45) is 23.7 Å². The van der Waals surface area contributed by atoms with Gasteiger partial charge in [-0.2, -0.15) is 0 Å². The van der Waals surface area contributed by atoms with Crippen molar-refractivity contribution in [3.63, 3.8) is 0 Å². The molecule has 0 spiro atoms. The smallest absolute Gasteiger partial charge is 0.309 e. The molecule has 4 rings (SSSR count). The summed E-state index contributed by atoms with van der Waals surface area (Å²) < 4.78 is 33.8. The largest absolute Gasteiger partial charge is 0.465 e. The molecule has 0 amide bonds.